The van der Waals surface area contributed by atoms with Crippen LogP contribution in [0.5, 0.6) is 0 Å². The summed E-state index contributed by atoms with van der Waals surface area (Å²) in [5.74, 6) is -0.794. The van der Waals surface area contributed by atoms with Crippen molar-refractivity contribution in [3.8, 4) is 0 Å². The van der Waals surface area contributed by atoms with Crippen LogP contribution >= 0.6 is 0 Å². The number of ether oxygens (including phenoxy) is 1. The molecular weight excluding hydrogens is 424 g/mol. The Morgan fingerprint density at radius 3 is 1.97 bits per heavy atom. The predicted octanol–water partition coefficient (Wildman–Crippen LogP) is -1.45. The van der Waals surface area contributed by atoms with E-state index in [2.05, 4.69) is 5.32 Å². The van der Waals surface area contributed by atoms with Gasteiger partial charge < -0.3 is 10.1 Å². The van der Waals surface area contributed by atoms with Crippen molar-refractivity contribution in [2.75, 3.05) is 7.05 Å². The summed E-state index contributed by atoms with van der Waals surface area (Å²) in [4.78, 5) is 34.6. The number of nitrogens with one attached hydrogen (secondary N) is 1. The van der Waals surface area contributed by atoms with Gasteiger partial charge in [-0.25, -0.2) is 0 Å². The van der Waals surface area contributed by atoms with Gasteiger partial charge in [0, 0.05) is 24.6 Å². The van der Waals surface area contributed by atoms with Crippen molar-refractivity contribution in [2.45, 2.75) is 19.1 Å². The molecule has 12 heteroatoms. The number of hydrogen-bond acceptors (Lipinski definition) is 10. The molecule has 2 aromatic carbocycles. The highest BCUT2D eigenvalue weighted by Gasteiger charge is 2.31. The second-order valence-corrected chi connectivity index (χ2v) is 6.56. The Hall–Kier alpha value is -2.93. The third kappa shape index (κ3) is 8.61. The van der Waals surface area contributed by atoms with Crippen molar-refractivity contribution >= 4 is 17.4 Å². The highest BCUT2D eigenvalue weighted by Crippen LogP contribution is 2.26. The van der Waals surface area contributed by atoms with Crippen LogP contribution in [-0.4, -0.2) is 34.4 Å². The number of Topliss-reactive ketones (excluding diaryl/α,β-unsaturated/α-hetero) is 1. The predicted molar refractivity (Wildman–Crippen MR) is 93.4 cm³/mol. The van der Waals surface area contributed by atoms with Crippen LogP contribution < -0.4 is 19.3 Å². The fourth-order valence-electron chi connectivity index (χ4n) is 2.49. The van der Waals surface area contributed by atoms with Gasteiger partial charge >= 0.3 is 5.97 Å². The molecule has 162 valence electrons. The second-order valence-electron chi connectivity index (χ2n) is 5.77. The van der Waals surface area contributed by atoms with Crippen molar-refractivity contribution < 1.29 is 48.1 Å². The van der Waals surface area contributed by atoms with Gasteiger partial charge in [-0.3, -0.25) is 19.7 Å². The van der Waals surface area contributed by atoms with Gasteiger partial charge in [-0.15, -0.1) is 0 Å². The number of nitrogens with zero attached hydrogens (tertiary/aromatic N) is 1. The van der Waals surface area contributed by atoms with Crippen molar-refractivity contribution in [1.82, 2.24) is 5.32 Å². The Morgan fingerprint density at radius 1 is 1.07 bits per heavy atom. The highest BCUT2D eigenvalue weighted by molar-refractivity contribution is 6.00. The molecule has 0 aliphatic heterocycles. The van der Waals surface area contributed by atoms with E-state index in [1.54, 1.807) is 37.4 Å². The lowest BCUT2D eigenvalue weighted by Gasteiger charge is -2.26. The lowest BCUT2D eigenvalue weighted by Crippen LogP contribution is -2.58. The Labute approximate surface area is 173 Å². The van der Waals surface area contributed by atoms with E-state index in [1.807, 2.05) is 0 Å². The van der Waals surface area contributed by atoms with Gasteiger partial charge in [-0.2, -0.15) is 14.0 Å². The van der Waals surface area contributed by atoms with Crippen LogP contribution in [0.1, 0.15) is 28.9 Å². The maximum absolute atomic E-state index is 12.8. The van der Waals surface area contributed by atoms with Crippen molar-refractivity contribution in [3.05, 3.63) is 75.8 Å². The zero-order valence-electron chi connectivity index (χ0n) is 15.9. The summed E-state index contributed by atoms with van der Waals surface area (Å²) in [6.07, 6.45) is -0.906. The van der Waals surface area contributed by atoms with E-state index in [4.69, 9.17) is 23.4 Å². The summed E-state index contributed by atoms with van der Waals surface area (Å²) in [6.45, 7) is 1.25. The molecule has 0 aliphatic carbocycles. The first-order valence-electron chi connectivity index (χ1n) is 8.25. The van der Waals surface area contributed by atoms with Crippen LogP contribution in [0.2, 0.25) is 0 Å². The van der Waals surface area contributed by atoms with Crippen LogP contribution in [0, 0.1) is 20.4 Å². The fourth-order valence-corrected chi connectivity index (χ4v) is 2.49. The Kier molecular flexibility index (Phi) is 9.46. The van der Waals surface area contributed by atoms with Gasteiger partial charge in [-0.1, -0.05) is 30.3 Å². The molecule has 2 rings (SSSR count). The van der Waals surface area contributed by atoms with E-state index in [0.717, 1.165) is 0 Å². The Morgan fingerprint density at radius 2 is 1.57 bits per heavy atom. The summed E-state index contributed by atoms with van der Waals surface area (Å²) in [5, 5.41) is 13.7. The summed E-state index contributed by atoms with van der Waals surface area (Å²) in [6, 6.07) is 13.4. The minimum Gasteiger partial charge on any atom is -0.455 e. The largest absolute Gasteiger partial charge is 0.455 e. The lowest BCUT2D eigenvalue weighted by atomic mass is 9.94. The number of halogens is 1. The summed E-state index contributed by atoms with van der Waals surface area (Å²) >= 11 is 0. The summed E-state index contributed by atoms with van der Waals surface area (Å²) in [7, 11) is -3.10. The SMILES string of the molecule is CNC(C(=O)c1ccccc1)C(OC(C)=O)c1ccc([N+](=O)[O-])cc1.[O-][Cl+3]([O-])([O-])O. The molecule has 30 heavy (non-hydrogen) atoms. The first-order chi connectivity index (χ1) is 13.9. The smallest absolute Gasteiger partial charge is 0.303 e. The van der Waals surface area contributed by atoms with Crippen LogP contribution in [0.15, 0.2) is 54.6 Å². The number of nitro groups is 1. The maximum Gasteiger partial charge on any atom is 0.303 e. The lowest BCUT2D eigenvalue weighted by molar-refractivity contribution is -1.92. The van der Waals surface area contributed by atoms with Gasteiger partial charge in [0.05, 0.1) is 19.8 Å². The molecule has 0 radical (unpaired) electrons. The molecule has 0 bridgehead atoms. The quantitative estimate of drug-likeness (QED) is 0.222. The molecule has 0 amide bonds. The Bertz CT molecular complexity index is 848. The van der Waals surface area contributed by atoms with E-state index in [-0.39, 0.29) is 11.5 Å². The molecule has 2 aromatic rings. The maximum atomic E-state index is 12.8. The first kappa shape index (κ1) is 25.1. The van der Waals surface area contributed by atoms with Crippen molar-refractivity contribution in [1.29, 1.82) is 0 Å². The molecule has 11 nitrogen and oxygen atoms in total. The number of esters is 1. The van der Waals surface area contributed by atoms with Crippen molar-refractivity contribution in [3.63, 3.8) is 0 Å². The van der Waals surface area contributed by atoms with E-state index in [1.165, 1.54) is 31.2 Å². The number of carbonyl (C=O) groups is 2. The van der Waals surface area contributed by atoms with Gasteiger partial charge in [0.15, 0.2) is 5.78 Å². The van der Waals surface area contributed by atoms with E-state index < -0.39 is 33.3 Å². The molecule has 0 aliphatic rings. The van der Waals surface area contributed by atoms with Gasteiger partial charge in [0.2, 0.25) is 0 Å². The molecule has 2 unspecified atom stereocenters. The average Bonchev–Trinajstić information content (AvgIpc) is 2.67. The molecule has 2 atom stereocenters. The Balaban J connectivity index is 0.000000804. The van der Waals surface area contributed by atoms with Crippen molar-refractivity contribution in [2.24, 2.45) is 0 Å². The van der Waals surface area contributed by atoms with Gasteiger partial charge in [0.1, 0.15) is 12.1 Å². The number of carbonyl (C=O) groups excluding carboxylic acids is 2. The monoisotopic (exact) mass is 442 g/mol. The normalized spacial score (nSPS) is 12.7. The van der Waals surface area contributed by atoms with E-state index >= 15 is 0 Å². The third-order valence-electron chi connectivity index (χ3n) is 3.68. The van der Waals surface area contributed by atoms with Gasteiger partial charge in [-0.05, 0) is 24.7 Å². The standard InChI is InChI=1S/C18H18N2O5.ClHO4/c1-12(21)25-18(14-8-10-15(11-9-14)20(23)24)16(19-2)17(22)13-6-4-3-5-7-13;2-1(3,4)5/h3-11,16,18-19H,1-2H3;(H,2,3,4,5). The third-order valence-corrected chi connectivity index (χ3v) is 3.68. The number of ketones is 1. The number of rotatable bonds is 7. The zero-order chi connectivity index (χ0) is 22.9. The van der Waals surface area contributed by atoms with E-state index in [0.29, 0.717) is 11.1 Å². The minimum atomic E-state index is -4.69. The zero-order valence-corrected chi connectivity index (χ0v) is 16.6. The molecule has 2 N–H and O–H groups in total. The molecule has 0 aromatic heterocycles. The van der Waals surface area contributed by atoms with Crippen LogP contribution in [0.4, 0.5) is 5.69 Å². The molecule has 0 fully saturated rings. The number of hydrogen-bond donors (Lipinski definition) is 2. The summed E-state index contributed by atoms with van der Waals surface area (Å²) < 4.78 is 38.1. The second kappa shape index (κ2) is 11.3. The molecular formula is C18H19ClN2O9. The molecule has 0 saturated heterocycles. The van der Waals surface area contributed by atoms with Gasteiger partial charge in [0.25, 0.3) is 5.69 Å². The first-order valence-corrected chi connectivity index (χ1v) is 9.51. The molecule has 0 heterocycles. The summed E-state index contributed by atoms with van der Waals surface area (Å²) in [5.41, 5.74) is 0.881. The van der Waals surface area contributed by atoms with Crippen LogP contribution in [0.3, 0.4) is 0 Å². The molecule has 0 spiro atoms. The number of likely N-dealkylation sites (N-methyl/N-ethyl adjacent to an activating group) is 1. The van der Waals surface area contributed by atoms with Crippen LogP contribution in [0.25, 0.3) is 0 Å². The highest BCUT2D eigenvalue weighted by atomic mass is 35.7. The number of benzene rings is 2. The van der Waals surface area contributed by atoms with E-state index in [9.17, 15) is 19.7 Å². The number of non-ortho nitro benzene ring substituents is 1. The average molecular weight is 443 g/mol. The minimum absolute atomic E-state index is 0.0827. The fraction of sp³-hybridized carbons (Fsp3) is 0.222. The topological polar surface area (TPSA) is 188 Å². The van der Waals surface area contributed by atoms with Crippen LogP contribution in [-0.2, 0) is 9.53 Å². The number of nitro benzene ring substituents is 1. The molecule has 0 saturated carbocycles.